The second-order valence-corrected chi connectivity index (χ2v) is 4.40. The van der Waals surface area contributed by atoms with Gasteiger partial charge >= 0.3 is 5.82 Å². The number of benzene rings is 1. The Kier molecular flexibility index (Phi) is 4.27. The van der Waals surface area contributed by atoms with E-state index >= 15 is 0 Å². The van der Waals surface area contributed by atoms with Crippen LogP contribution in [0.2, 0.25) is 0 Å². The Balaban J connectivity index is 4.35. The van der Waals surface area contributed by atoms with Crippen LogP contribution in [0.4, 0.5) is 0 Å². The number of hydrogen-bond donors (Lipinski definition) is 0. The first-order valence-corrected chi connectivity index (χ1v) is 5.84. The van der Waals surface area contributed by atoms with Crippen LogP contribution in [0.1, 0.15) is 22.3 Å². The number of nitrogens with zero attached hydrogens (tertiary/aromatic N) is 4. The van der Waals surface area contributed by atoms with E-state index in [4.69, 9.17) is 23.7 Å². The lowest BCUT2D eigenvalue weighted by Crippen LogP contribution is -2.27. The van der Waals surface area contributed by atoms with Crippen LogP contribution in [-0.2, 0) is 0 Å². The van der Waals surface area contributed by atoms with E-state index in [1.807, 2.05) is 26.0 Å². The van der Waals surface area contributed by atoms with Crippen molar-refractivity contribution >= 4 is 11.4 Å². The molecule has 0 aliphatic heterocycles. The van der Waals surface area contributed by atoms with Crippen molar-refractivity contribution in [2.45, 2.75) is 27.7 Å². The molecule has 0 fully saturated rings. The monoisotopic (exact) mass is 260 g/mol. The standard InChI is InChI=1S/C16H12N4/c1-9-11(3)15(16(19-5)20-6)12(4)10(2)14(9)13(7-17)8-18/h1-4H3. The summed E-state index contributed by atoms with van der Waals surface area (Å²) in [5.41, 5.74) is 3.14. The molecule has 0 aliphatic carbocycles. The van der Waals surface area contributed by atoms with Crippen molar-refractivity contribution < 1.29 is 0 Å². The van der Waals surface area contributed by atoms with E-state index in [1.54, 1.807) is 13.8 Å². The summed E-state index contributed by atoms with van der Waals surface area (Å²) < 4.78 is 0. The summed E-state index contributed by atoms with van der Waals surface area (Å²) >= 11 is 0. The second kappa shape index (κ2) is 5.71. The average Bonchev–Trinajstić information content (AvgIpc) is 2.46. The van der Waals surface area contributed by atoms with Gasteiger partial charge in [0, 0.05) is 5.22 Å². The molecule has 4 nitrogen and oxygen atoms in total. The average molecular weight is 260 g/mol. The maximum Gasteiger partial charge on any atom is 0.527 e. The minimum atomic E-state index is 0.0215. The van der Waals surface area contributed by atoms with Crippen LogP contribution in [0.5, 0.6) is 0 Å². The Bertz CT molecular complexity index is 733. The molecule has 1 rings (SSSR count). The van der Waals surface area contributed by atoms with Crippen molar-refractivity contribution in [3.63, 3.8) is 0 Å². The minimum Gasteiger partial charge on any atom is -0.192 e. The van der Waals surface area contributed by atoms with Gasteiger partial charge < -0.3 is 0 Å². The van der Waals surface area contributed by atoms with Gasteiger partial charge in [0.25, 0.3) is 0 Å². The smallest absolute Gasteiger partial charge is 0.192 e. The topological polar surface area (TPSA) is 56.3 Å². The van der Waals surface area contributed by atoms with Gasteiger partial charge in [0.15, 0.2) is 0 Å². The van der Waals surface area contributed by atoms with E-state index in [0.717, 1.165) is 22.3 Å². The molecule has 0 aromatic heterocycles. The summed E-state index contributed by atoms with van der Waals surface area (Å²) in [5.74, 6) is 0.0215. The summed E-state index contributed by atoms with van der Waals surface area (Å²) in [6, 6.07) is 3.82. The van der Waals surface area contributed by atoms with E-state index in [9.17, 15) is 0 Å². The Hall–Kier alpha value is -3.08. The molecule has 0 N–H and O–H groups in total. The zero-order valence-electron chi connectivity index (χ0n) is 11.8. The second-order valence-electron chi connectivity index (χ2n) is 4.40. The molecule has 0 atom stereocenters. The van der Waals surface area contributed by atoms with Gasteiger partial charge in [-0.05, 0) is 49.9 Å². The van der Waals surface area contributed by atoms with Crippen LogP contribution < -0.4 is 10.4 Å². The van der Waals surface area contributed by atoms with Crippen molar-refractivity contribution in [1.29, 1.82) is 10.5 Å². The lowest BCUT2D eigenvalue weighted by Gasteiger charge is -2.10. The molecule has 0 unspecified atom stereocenters. The number of hydrogen-bond acceptors (Lipinski definition) is 2. The fourth-order valence-electron chi connectivity index (χ4n) is 2.30. The summed E-state index contributed by atoms with van der Waals surface area (Å²) in [6.45, 7) is 21.4. The maximum absolute atomic E-state index is 9.07. The van der Waals surface area contributed by atoms with Crippen LogP contribution in [0.15, 0.2) is 0 Å². The first-order valence-electron chi connectivity index (χ1n) is 5.84. The van der Waals surface area contributed by atoms with Crippen LogP contribution in [0, 0.1) is 63.5 Å². The molecule has 0 aliphatic rings. The predicted molar refractivity (Wildman–Crippen MR) is 75.9 cm³/mol. The van der Waals surface area contributed by atoms with Gasteiger partial charge in [-0.1, -0.05) is 0 Å². The zero-order chi connectivity index (χ0) is 15.4. The van der Waals surface area contributed by atoms with E-state index in [-0.39, 0.29) is 11.4 Å². The SMILES string of the molecule is [C-]#[N+]C([N+]#[C-])=c1c(C)c(C)c(=C(C#N)C#N)c(C)c1C. The van der Waals surface area contributed by atoms with Crippen molar-refractivity contribution in [1.82, 2.24) is 0 Å². The fraction of sp³-hybridized carbons (Fsp3) is 0.250. The molecule has 0 radical (unpaired) electrons. The molecule has 96 valence electrons. The molecule has 0 spiro atoms. The Morgan fingerprint density at radius 2 is 1.15 bits per heavy atom. The summed E-state index contributed by atoms with van der Waals surface area (Å²) in [5, 5.41) is 19.4. The predicted octanol–water partition coefficient (Wildman–Crippen LogP) is 2.02. The molecule has 1 aromatic carbocycles. The van der Waals surface area contributed by atoms with Gasteiger partial charge in [-0.3, -0.25) is 0 Å². The summed E-state index contributed by atoms with van der Waals surface area (Å²) in [6.07, 6.45) is 0. The summed E-state index contributed by atoms with van der Waals surface area (Å²) in [4.78, 5) is 6.54. The van der Waals surface area contributed by atoms with Crippen LogP contribution in [0.25, 0.3) is 21.1 Å². The van der Waals surface area contributed by atoms with Gasteiger partial charge in [0.2, 0.25) is 0 Å². The van der Waals surface area contributed by atoms with Gasteiger partial charge in [-0.15, -0.1) is 0 Å². The van der Waals surface area contributed by atoms with Crippen molar-refractivity contribution in [2.75, 3.05) is 0 Å². The first-order chi connectivity index (χ1) is 9.44. The molecule has 0 saturated carbocycles. The van der Waals surface area contributed by atoms with E-state index in [1.165, 1.54) is 0 Å². The lowest BCUT2D eigenvalue weighted by atomic mass is 9.93. The largest absolute Gasteiger partial charge is 0.527 e. The lowest BCUT2D eigenvalue weighted by molar-refractivity contribution is 1.16. The highest BCUT2D eigenvalue weighted by molar-refractivity contribution is 5.75. The van der Waals surface area contributed by atoms with Crippen LogP contribution >= 0.6 is 0 Å². The maximum atomic E-state index is 9.07. The van der Waals surface area contributed by atoms with Gasteiger partial charge in [-0.2, -0.15) is 20.2 Å². The van der Waals surface area contributed by atoms with Crippen LogP contribution in [-0.4, -0.2) is 0 Å². The van der Waals surface area contributed by atoms with E-state index in [2.05, 4.69) is 9.69 Å². The molecule has 0 saturated heterocycles. The Morgan fingerprint density at radius 3 is 1.45 bits per heavy atom. The highest BCUT2D eigenvalue weighted by atomic mass is 14.9. The Morgan fingerprint density at radius 1 is 0.800 bits per heavy atom. The van der Waals surface area contributed by atoms with Crippen molar-refractivity contribution in [3.05, 3.63) is 55.5 Å². The normalized spacial score (nSPS) is 8.80. The van der Waals surface area contributed by atoms with Gasteiger partial charge in [0.1, 0.15) is 30.9 Å². The summed E-state index contributed by atoms with van der Waals surface area (Å²) in [7, 11) is 0. The highest BCUT2D eigenvalue weighted by Crippen LogP contribution is 2.09. The molecule has 4 heteroatoms. The number of rotatable bonds is 0. The van der Waals surface area contributed by atoms with Gasteiger partial charge in [-0.25, -0.2) is 0 Å². The van der Waals surface area contributed by atoms with Gasteiger partial charge in [0.05, 0.1) is 5.22 Å². The number of nitriles is 2. The van der Waals surface area contributed by atoms with E-state index in [0.29, 0.717) is 10.4 Å². The van der Waals surface area contributed by atoms with Crippen molar-refractivity contribution in [2.24, 2.45) is 0 Å². The quantitative estimate of drug-likeness (QED) is 0.670. The van der Waals surface area contributed by atoms with E-state index < -0.39 is 0 Å². The molecule has 0 heterocycles. The fourth-order valence-corrected chi connectivity index (χ4v) is 2.30. The molecule has 1 aromatic rings. The highest BCUT2D eigenvalue weighted by Gasteiger charge is 2.16. The third-order valence-corrected chi connectivity index (χ3v) is 3.53. The zero-order valence-corrected chi connectivity index (χ0v) is 11.8. The van der Waals surface area contributed by atoms with Crippen molar-refractivity contribution in [3.8, 4) is 12.1 Å². The molecular formula is C16H12N4. The molecular weight excluding hydrogens is 248 g/mol. The van der Waals surface area contributed by atoms with Crippen LogP contribution in [0.3, 0.4) is 0 Å². The molecule has 0 bridgehead atoms. The first kappa shape index (κ1) is 15.0. The third-order valence-electron chi connectivity index (χ3n) is 3.53. The molecule has 0 amide bonds. The Labute approximate surface area is 118 Å². The minimum absolute atomic E-state index is 0.0215. The molecule has 20 heavy (non-hydrogen) atoms. The third kappa shape index (κ3) is 2.12.